The second-order valence-corrected chi connectivity index (χ2v) is 8.85. The van der Waals surface area contributed by atoms with Gasteiger partial charge in [-0.3, -0.25) is 9.69 Å². The van der Waals surface area contributed by atoms with Crippen LogP contribution in [0.2, 0.25) is 0 Å². The lowest BCUT2D eigenvalue weighted by Crippen LogP contribution is -2.50. The van der Waals surface area contributed by atoms with Crippen LogP contribution in [0.5, 0.6) is 5.75 Å². The van der Waals surface area contributed by atoms with Crippen LogP contribution in [-0.4, -0.2) is 78.1 Å². The SMILES string of the molecule is CC(C)c1cc(C(=O)N2CC[C@H](N3CCN(C)CC3)C2)c(O)c(C(C)C)c1. The first-order valence-electron chi connectivity index (χ1n) is 10.4. The van der Waals surface area contributed by atoms with Gasteiger partial charge in [0.2, 0.25) is 0 Å². The number of benzene rings is 1. The number of hydrogen-bond donors (Lipinski definition) is 1. The summed E-state index contributed by atoms with van der Waals surface area (Å²) in [7, 11) is 2.17. The van der Waals surface area contributed by atoms with Gasteiger partial charge in [-0.15, -0.1) is 0 Å². The fraction of sp³-hybridized carbons (Fsp3) is 0.682. The smallest absolute Gasteiger partial charge is 0.257 e. The molecule has 3 rings (SSSR count). The Bertz CT molecular complexity index is 678. The monoisotopic (exact) mass is 373 g/mol. The van der Waals surface area contributed by atoms with Gasteiger partial charge in [0.25, 0.3) is 5.91 Å². The lowest BCUT2D eigenvalue weighted by Gasteiger charge is -2.36. The van der Waals surface area contributed by atoms with Crippen LogP contribution in [-0.2, 0) is 0 Å². The molecule has 0 aliphatic carbocycles. The molecule has 1 aromatic carbocycles. The van der Waals surface area contributed by atoms with Crippen LogP contribution in [0.4, 0.5) is 0 Å². The lowest BCUT2D eigenvalue weighted by atomic mass is 9.91. The summed E-state index contributed by atoms with van der Waals surface area (Å²) >= 11 is 0. The molecule has 2 aliphatic rings. The van der Waals surface area contributed by atoms with E-state index in [4.69, 9.17) is 0 Å². The van der Waals surface area contributed by atoms with Crippen molar-refractivity contribution in [3.8, 4) is 5.75 Å². The van der Waals surface area contributed by atoms with Crippen LogP contribution in [0.3, 0.4) is 0 Å². The van der Waals surface area contributed by atoms with Crippen molar-refractivity contribution < 1.29 is 9.90 Å². The summed E-state index contributed by atoms with van der Waals surface area (Å²) in [4.78, 5) is 20.1. The Balaban J connectivity index is 1.78. The number of aromatic hydroxyl groups is 1. The number of piperazine rings is 1. The molecule has 0 saturated carbocycles. The van der Waals surface area contributed by atoms with Crippen molar-refractivity contribution in [3.05, 3.63) is 28.8 Å². The third kappa shape index (κ3) is 4.30. The van der Waals surface area contributed by atoms with Crippen LogP contribution in [0.25, 0.3) is 0 Å². The van der Waals surface area contributed by atoms with Gasteiger partial charge in [0.1, 0.15) is 5.75 Å². The Morgan fingerprint density at radius 2 is 1.70 bits per heavy atom. The summed E-state index contributed by atoms with van der Waals surface area (Å²) in [5.41, 5.74) is 2.47. The third-order valence-corrected chi connectivity index (χ3v) is 6.19. The number of likely N-dealkylation sites (tertiary alicyclic amines) is 1. The molecule has 0 spiro atoms. The quantitative estimate of drug-likeness (QED) is 0.881. The van der Waals surface area contributed by atoms with Gasteiger partial charge in [-0.2, -0.15) is 0 Å². The number of phenolic OH excluding ortho intramolecular Hbond substituents is 1. The number of nitrogens with zero attached hydrogens (tertiary/aromatic N) is 3. The van der Waals surface area contributed by atoms with E-state index in [1.165, 1.54) is 0 Å². The van der Waals surface area contributed by atoms with Gasteiger partial charge in [0, 0.05) is 45.3 Å². The minimum atomic E-state index is -0.0199. The number of likely N-dealkylation sites (N-methyl/N-ethyl adjacent to an activating group) is 1. The second-order valence-electron chi connectivity index (χ2n) is 8.85. The number of hydrogen-bond acceptors (Lipinski definition) is 4. The maximum atomic E-state index is 13.2. The number of amides is 1. The molecule has 2 fully saturated rings. The van der Waals surface area contributed by atoms with Gasteiger partial charge in [0.15, 0.2) is 0 Å². The van der Waals surface area contributed by atoms with Crippen molar-refractivity contribution in [2.75, 3.05) is 46.3 Å². The van der Waals surface area contributed by atoms with Crippen molar-refractivity contribution in [2.45, 2.75) is 52.0 Å². The summed E-state index contributed by atoms with van der Waals surface area (Å²) in [5, 5.41) is 10.8. The van der Waals surface area contributed by atoms with E-state index in [1.807, 2.05) is 11.0 Å². The Morgan fingerprint density at radius 1 is 1.04 bits per heavy atom. The van der Waals surface area contributed by atoms with Crippen molar-refractivity contribution >= 4 is 5.91 Å². The third-order valence-electron chi connectivity index (χ3n) is 6.19. The van der Waals surface area contributed by atoms with Crippen LogP contribution in [0.15, 0.2) is 12.1 Å². The van der Waals surface area contributed by atoms with E-state index in [2.05, 4.69) is 50.6 Å². The minimum absolute atomic E-state index is 0.0199. The molecule has 5 heteroatoms. The Hall–Kier alpha value is -1.59. The molecule has 27 heavy (non-hydrogen) atoms. The van der Waals surface area contributed by atoms with Crippen LogP contribution < -0.4 is 0 Å². The molecule has 1 aromatic rings. The molecule has 0 unspecified atom stereocenters. The van der Waals surface area contributed by atoms with E-state index in [9.17, 15) is 9.90 Å². The van der Waals surface area contributed by atoms with E-state index in [0.717, 1.165) is 56.8 Å². The van der Waals surface area contributed by atoms with Gasteiger partial charge in [-0.05, 0) is 42.5 Å². The fourth-order valence-electron chi connectivity index (χ4n) is 4.20. The molecule has 1 atom stereocenters. The molecule has 1 N–H and O–H groups in total. The first-order valence-corrected chi connectivity index (χ1v) is 10.4. The van der Waals surface area contributed by atoms with Gasteiger partial charge in [0.05, 0.1) is 5.56 Å². The van der Waals surface area contributed by atoms with Crippen LogP contribution in [0, 0.1) is 0 Å². The second kappa shape index (κ2) is 8.19. The fourth-order valence-corrected chi connectivity index (χ4v) is 4.20. The topological polar surface area (TPSA) is 47.0 Å². The number of phenols is 1. The van der Waals surface area contributed by atoms with E-state index in [1.54, 1.807) is 0 Å². The largest absolute Gasteiger partial charge is 0.507 e. The number of rotatable bonds is 4. The normalized spacial score (nSPS) is 22.2. The maximum absolute atomic E-state index is 13.2. The van der Waals surface area contributed by atoms with E-state index in [0.29, 0.717) is 17.5 Å². The molecule has 2 heterocycles. The van der Waals surface area contributed by atoms with Gasteiger partial charge in [-0.25, -0.2) is 0 Å². The zero-order valence-corrected chi connectivity index (χ0v) is 17.5. The highest BCUT2D eigenvalue weighted by molar-refractivity contribution is 5.97. The highest BCUT2D eigenvalue weighted by atomic mass is 16.3. The molecule has 1 amide bonds. The average molecular weight is 374 g/mol. The summed E-state index contributed by atoms with van der Waals surface area (Å²) in [6.45, 7) is 14.3. The maximum Gasteiger partial charge on any atom is 0.257 e. The average Bonchev–Trinajstić information content (AvgIpc) is 3.11. The zero-order valence-electron chi connectivity index (χ0n) is 17.5. The first-order chi connectivity index (χ1) is 12.8. The molecular formula is C22H35N3O2. The predicted molar refractivity (Wildman–Crippen MR) is 110 cm³/mol. The molecule has 0 bridgehead atoms. The number of carbonyl (C=O) groups is 1. The van der Waals surface area contributed by atoms with Gasteiger partial charge < -0.3 is 14.9 Å². The molecule has 150 valence electrons. The molecule has 2 saturated heterocycles. The van der Waals surface area contributed by atoms with Crippen LogP contribution >= 0.6 is 0 Å². The predicted octanol–water partition coefficient (Wildman–Crippen LogP) is 3.10. The minimum Gasteiger partial charge on any atom is -0.507 e. The highest BCUT2D eigenvalue weighted by Gasteiger charge is 2.33. The summed E-state index contributed by atoms with van der Waals surface area (Å²) in [5.74, 6) is 0.661. The Kier molecular flexibility index (Phi) is 6.11. The Morgan fingerprint density at radius 3 is 2.30 bits per heavy atom. The summed E-state index contributed by atoms with van der Waals surface area (Å²) in [6, 6.07) is 4.40. The van der Waals surface area contributed by atoms with Crippen molar-refractivity contribution in [1.29, 1.82) is 0 Å². The summed E-state index contributed by atoms with van der Waals surface area (Å²) < 4.78 is 0. The lowest BCUT2D eigenvalue weighted by molar-refractivity contribution is 0.0752. The van der Waals surface area contributed by atoms with E-state index >= 15 is 0 Å². The Labute approximate surface area is 163 Å². The van der Waals surface area contributed by atoms with Crippen LogP contribution in [0.1, 0.15) is 67.4 Å². The molecular weight excluding hydrogens is 338 g/mol. The van der Waals surface area contributed by atoms with Gasteiger partial charge >= 0.3 is 0 Å². The van der Waals surface area contributed by atoms with Crippen molar-refractivity contribution in [3.63, 3.8) is 0 Å². The zero-order chi connectivity index (χ0) is 19.7. The van der Waals surface area contributed by atoms with E-state index < -0.39 is 0 Å². The highest BCUT2D eigenvalue weighted by Crippen LogP contribution is 2.34. The number of carbonyl (C=O) groups excluding carboxylic acids is 1. The standard InChI is InChI=1S/C22H35N3O2/c1-15(2)17-12-19(16(3)4)21(26)20(13-17)22(27)25-7-6-18(14-25)24-10-8-23(5)9-11-24/h12-13,15-16,18,26H,6-11,14H2,1-5H3/t18-/m0/s1. The molecule has 2 aliphatic heterocycles. The molecule has 0 aromatic heterocycles. The molecule has 5 nitrogen and oxygen atoms in total. The van der Waals surface area contributed by atoms with Crippen molar-refractivity contribution in [2.24, 2.45) is 0 Å². The van der Waals surface area contributed by atoms with Gasteiger partial charge in [-0.1, -0.05) is 33.8 Å². The molecule has 0 radical (unpaired) electrons. The van der Waals surface area contributed by atoms with E-state index in [-0.39, 0.29) is 17.6 Å². The summed E-state index contributed by atoms with van der Waals surface area (Å²) in [6.07, 6.45) is 1.02. The first kappa shape index (κ1) is 20.2. The van der Waals surface area contributed by atoms with Crippen molar-refractivity contribution in [1.82, 2.24) is 14.7 Å².